The number of hydrogen-bond acceptors (Lipinski definition) is 4. The monoisotopic (exact) mass is 432 g/mol. The molecule has 3 aromatic rings. The summed E-state index contributed by atoms with van der Waals surface area (Å²) in [6, 6.07) is 14.2. The first-order valence-electron chi connectivity index (χ1n) is 10.7. The molecule has 1 N–H and O–H groups in total. The van der Waals surface area contributed by atoms with E-state index in [-0.39, 0.29) is 11.5 Å². The van der Waals surface area contributed by atoms with Crippen molar-refractivity contribution < 1.29 is 19.4 Å². The molecule has 32 heavy (non-hydrogen) atoms. The predicted molar refractivity (Wildman–Crippen MR) is 126 cm³/mol. The van der Waals surface area contributed by atoms with Crippen molar-refractivity contribution in [2.24, 2.45) is 4.99 Å². The van der Waals surface area contributed by atoms with E-state index in [1.54, 1.807) is 42.6 Å². The van der Waals surface area contributed by atoms with E-state index in [1.807, 2.05) is 39.8 Å². The number of hydrogen-bond donors (Lipinski definition) is 1. The molecule has 0 bridgehead atoms. The number of aromatic nitrogens is 1. The summed E-state index contributed by atoms with van der Waals surface area (Å²) in [7, 11) is 0. The van der Waals surface area contributed by atoms with E-state index in [2.05, 4.69) is 9.56 Å². The van der Waals surface area contributed by atoms with Gasteiger partial charge in [-0.25, -0.2) is 9.59 Å². The van der Waals surface area contributed by atoms with Crippen LogP contribution in [0.15, 0.2) is 53.5 Å². The third-order valence-corrected chi connectivity index (χ3v) is 5.34. The van der Waals surface area contributed by atoms with Gasteiger partial charge in [0, 0.05) is 28.9 Å². The Morgan fingerprint density at radius 1 is 1.03 bits per heavy atom. The SMILES string of the molecule is CCCCOC(=O)c1ccc(N=Cc2cc(C)n(-c3ccc(C(=O)O)cc3C)c2C)cc1. The summed E-state index contributed by atoms with van der Waals surface area (Å²) in [6.07, 6.45) is 3.64. The molecule has 0 radical (unpaired) electrons. The van der Waals surface area contributed by atoms with E-state index in [1.165, 1.54) is 0 Å². The number of carboxylic acids is 1. The fraction of sp³-hybridized carbons (Fsp3) is 0.269. The second kappa shape index (κ2) is 10.1. The number of aliphatic imine (C=N–C) groups is 1. The van der Waals surface area contributed by atoms with Gasteiger partial charge in [0.15, 0.2) is 0 Å². The first kappa shape index (κ1) is 23.0. The van der Waals surface area contributed by atoms with Crippen LogP contribution < -0.4 is 0 Å². The topological polar surface area (TPSA) is 80.9 Å². The minimum Gasteiger partial charge on any atom is -0.478 e. The Kier molecular flexibility index (Phi) is 7.25. The maximum Gasteiger partial charge on any atom is 0.338 e. The van der Waals surface area contributed by atoms with Crippen LogP contribution in [0.5, 0.6) is 0 Å². The van der Waals surface area contributed by atoms with Crippen LogP contribution in [0.2, 0.25) is 0 Å². The molecule has 0 aliphatic carbocycles. The van der Waals surface area contributed by atoms with E-state index in [4.69, 9.17) is 4.74 Å². The highest BCUT2D eigenvalue weighted by Crippen LogP contribution is 2.24. The third-order valence-electron chi connectivity index (χ3n) is 5.34. The molecule has 0 atom stereocenters. The molecule has 0 fully saturated rings. The average Bonchev–Trinajstić information content (AvgIpc) is 3.05. The summed E-state index contributed by atoms with van der Waals surface area (Å²) in [6.45, 7) is 8.41. The van der Waals surface area contributed by atoms with E-state index in [9.17, 15) is 14.7 Å². The minimum atomic E-state index is -0.936. The van der Waals surface area contributed by atoms with Gasteiger partial charge >= 0.3 is 11.9 Å². The number of esters is 1. The molecule has 3 rings (SSSR count). The predicted octanol–water partition coefficient (Wildman–Crippen LogP) is 5.81. The Bertz CT molecular complexity index is 1160. The minimum absolute atomic E-state index is 0.271. The van der Waals surface area contributed by atoms with Crippen molar-refractivity contribution >= 4 is 23.8 Å². The van der Waals surface area contributed by atoms with E-state index >= 15 is 0 Å². The first-order chi connectivity index (χ1) is 15.3. The molecule has 0 amide bonds. The maximum absolute atomic E-state index is 12.0. The lowest BCUT2D eigenvalue weighted by atomic mass is 10.1. The van der Waals surface area contributed by atoms with Gasteiger partial charge in [0.2, 0.25) is 0 Å². The lowest BCUT2D eigenvalue weighted by Crippen LogP contribution is -2.05. The summed E-state index contributed by atoms with van der Waals surface area (Å²) in [5, 5.41) is 9.21. The largest absolute Gasteiger partial charge is 0.478 e. The molecule has 0 aliphatic rings. The lowest BCUT2D eigenvalue weighted by molar-refractivity contribution is 0.0499. The average molecular weight is 433 g/mol. The Balaban J connectivity index is 1.79. The number of unbranched alkanes of at least 4 members (excludes halogenated alkanes) is 1. The second-order valence-corrected chi connectivity index (χ2v) is 7.76. The van der Waals surface area contributed by atoms with Crippen LogP contribution in [0.3, 0.4) is 0 Å². The molecule has 166 valence electrons. The quantitative estimate of drug-likeness (QED) is 0.277. The standard InChI is InChI=1S/C26H28N2O4/c1-5-6-13-32-26(31)20-7-10-23(11-8-20)27-16-22-15-18(3)28(19(22)4)24-12-9-21(25(29)30)14-17(24)2/h7-12,14-16H,5-6,13H2,1-4H3,(H,29,30). The third kappa shape index (κ3) is 5.14. The van der Waals surface area contributed by atoms with Crippen molar-refractivity contribution in [3.05, 3.63) is 82.2 Å². The van der Waals surface area contributed by atoms with Gasteiger partial charge in [-0.3, -0.25) is 4.99 Å². The van der Waals surface area contributed by atoms with E-state index in [0.29, 0.717) is 12.2 Å². The number of carboxylic acid groups (broad SMARTS) is 1. The van der Waals surface area contributed by atoms with Crippen LogP contribution in [0, 0.1) is 20.8 Å². The number of aromatic carboxylic acids is 1. The normalized spacial score (nSPS) is 11.1. The molecule has 0 unspecified atom stereocenters. The zero-order valence-corrected chi connectivity index (χ0v) is 18.9. The number of nitrogens with zero attached hydrogens (tertiary/aromatic N) is 2. The Morgan fingerprint density at radius 3 is 2.34 bits per heavy atom. The molecule has 6 heteroatoms. The van der Waals surface area contributed by atoms with Gasteiger partial charge < -0.3 is 14.4 Å². The van der Waals surface area contributed by atoms with E-state index in [0.717, 1.165) is 46.7 Å². The number of rotatable bonds is 8. The van der Waals surface area contributed by atoms with Crippen molar-refractivity contribution in [1.29, 1.82) is 0 Å². The van der Waals surface area contributed by atoms with Gasteiger partial charge in [-0.15, -0.1) is 0 Å². The zero-order chi connectivity index (χ0) is 23.3. The fourth-order valence-corrected chi connectivity index (χ4v) is 3.55. The summed E-state index contributed by atoms with van der Waals surface area (Å²) in [4.78, 5) is 27.8. The summed E-state index contributed by atoms with van der Waals surface area (Å²) < 4.78 is 7.32. The molecular weight excluding hydrogens is 404 g/mol. The van der Waals surface area contributed by atoms with Crippen LogP contribution >= 0.6 is 0 Å². The van der Waals surface area contributed by atoms with Crippen molar-refractivity contribution in [1.82, 2.24) is 4.57 Å². The number of carbonyl (C=O) groups excluding carboxylic acids is 1. The Labute approximate surface area is 188 Å². The van der Waals surface area contributed by atoms with Crippen LogP contribution in [-0.4, -0.2) is 34.4 Å². The van der Waals surface area contributed by atoms with Crippen molar-refractivity contribution in [2.75, 3.05) is 6.61 Å². The molecule has 2 aromatic carbocycles. The van der Waals surface area contributed by atoms with E-state index < -0.39 is 5.97 Å². The highest BCUT2D eigenvalue weighted by molar-refractivity contribution is 5.90. The molecule has 1 heterocycles. The van der Waals surface area contributed by atoms with Crippen LogP contribution in [0.25, 0.3) is 5.69 Å². The summed E-state index contributed by atoms with van der Waals surface area (Å²) >= 11 is 0. The molecular formula is C26H28N2O4. The van der Waals surface area contributed by atoms with Crippen molar-refractivity contribution in [2.45, 2.75) is 40.5 Å². The van der Waals surface area contributed by atoms with Crippen LogP contribution in [0.4, 0.5) is 5.69 Å². The number of benzene rings is 2. The fourth-order valence-electron chi connectivity index (χ4n) is 3.55. The summed E-state index contributed by atoms with van der Waals surface area (Å²) in [5.41, 5.74) is 6.35. The highest BCUT2D eigenvalue weighted by Gasteiger charge is 2.13. The highest BCUT2D eigenvalue weighted by atomic mass is 16.5. The van der Waals surface area contributed by atoms with Crippen molar-refractivity contribution in [3.8, 4) is 5.69 Å². The van der Waals surface area contributed by atoms with Crippen LogP contribution in [0.1, 0.15) is 63.0 Å². The smallest absolute Gasteiger partial charge is 0.338 e. The summed E-state index contributed by atoms with van der Waals surface area (Å²) in [5.74, 6) is -1.25. The van der Waals surface area contributed by atoms with Gasteiger partial charge in [-0.05, 0) is 81.3 Å². The second-order valence-electron chi connectivity index (χ2n) is 7.76. The van der Waals surface area contributed by atoms with Gasteiger partial charge in [-0.1, -0.05) is 13.3 Å². The zero-order valence-electron chi connectivity index (χ0n) is 18.9. The van der Waals surface area contributed by atoms with Gasteiger partial charge in [-0.2, -0.15) is 0 Å². The Hall–Kier alpha value is -3.67. The van der Waals surface area contributed by atoms with Crippen molar-refractivity contribution in [3.63, 3.8) is 0 Å². The molecule has 0 saturated heterocycles. The molecule has 6 nitrogen and oxygen atoms in total. The number of ether oxygens (including phenoxy) is 1. The van der Waals surface area contributed by atoms with Crippen LogP contribution in [-0.2, 0) is 4.74 Å². The van der Waals surface area contributed by atoms with Gasteiger partial charge in [0.25, 0.3) is 0 Å². The first-order valence-corrected chi connectivity index (χ1v) is 10.7. The number of carbonyl (C=O) groups is 2. The maximum atomic E-state index is 12.0. The van der Waals surface area contributed by atoms with Gasteiger partial charge in [0.05, 0.1) is 23.4 Å². The number of aryl methyl sites for hydroxylation is 2. The van der Waals surface area contributed by atoms with Gasteiger partial charge in [0.1, 0.15) is 0 Å². The Morgan fingerprint density at radius 2 is 1.72 bits per heavy atom. The molecule has 0 aliphatic heterocycles. The molecule has 0 spiro atoms. The lowest BCUT2D eigenvalue weighted by Gasteiger charge is -2.13. The molecule has 1 aromatic heterocycles. The molecule has 0 saturated carbocycles.